The number of halogens is 4. The number of aromatic nitrogens is 2. The summed E-state index contributed by atoms with van der Waals surface area (Å²) < 4.78 is 93.8. The molecule has 0 aliphatic carbocycles. The number of sulfonamides is 1. The molecular formula is C21H15F4N3O6S. The third-order valence-electron chi connectivity index (χ3n) is 4.83. The molecule has 0 atom stereocenters. The zero-order valence-corrected chi connectivity index (χ0v) is 18.5. The Morgan fingerprint density at radius 3 is 2.54 bits per heavy atom. The van der Waals surface area contributed by atoms with Crippen LogP contribution < -0.4 is 15.0 Å². The highest BCUT2D eigenvalue weighted by Crippen LogP contribution is 2.30. The number of nitrogens with zero attached hydrogens (tertiary/aromatic N) is 2. The maximum atomic E-state index is 14.6. The smallest absolute Gasteiger partial charge is 0.495 e. The summed E-state index contributed by atoms with van der Waals surface area (Å²) in [6.07, 6.45) is -3.78. The van der Waals surface area contributed by atoms with Gasteiger partial charge in [0.15, 0.2) is 5.82 Å². The van der Waals surface area contributed by atoms with Crippen LogP contribution in [0.5, 0.6) is 5.75 Å². The highest BCUT2D eigenvalue weighted by Gasteiger charge is 2.30. The van der Waals surface area contributed by atoms with Crippen molar-refractivity contribution in [3.8, 4) is 11.4 Å². The van der Waals surface area contributed by atoms with Crippen molar-refractivity contribution in [2.24, 2.45) is 0 Å². The maximum Gasteiger partial charge on any atom is 0.522 e. The lowest BCUT2D eigenvalue weighted by molar-refractivity contribution is -0.330. The normalized spacial score (nSPS) is 12.1. The number of hydrogen-bond donors (Lipinski definition) is 1. The molecule has 0 spiro atoms. The first-order chi connectivity index (χ1) is 16.5. The Hall–Kier alpha value is -3.91. The first kappa shape index (κ1) is 24.2. The second kappa shape index (κ2) is 9.03. The van der Waals surface area contributed by atoms with Crippen LogP contribution in [0.4, 0.5) is 23.4 Å². The number of fused-ring (bicyclic) bond motifs is 1. The first-order valence-corrected chi connectivity index (χ1v) is 11.1. The van der Waals surface area contributed by atoms with Gasteiger partial charge in [0.25, 0.3) is 15.6 Å². The van der Waals surface area contributed by atoms with E-state index in [0.29, 0.717) is 5.39 Å². The molecule has 9 nitrogen and oxygen atoms in total. The zero-order chi connectivity index (χ0) is 25.4. The summed E-state index contributed by atoms with van der Waals surface area (Å²) in [5.41, 5.74) is -0.975. The molecule has 0 saturated carbocycles. The number of anilines is 1. The van der Waals surface area contributed by atoms with Crippen molar-refractivity contribution in [3.63, 3.8) is 0 Å². The van der Waals surface area contributed by atoms with Crippen molar-refractivity contribution in [1.82, 2.24) is 9.72 Å². The van der Waals surface area contributed by atoms with Gasteiger partial charge in [0, 0.05) is 29.1 Å². The van der Waals surface area contributed by atoms with Crippen molar-refractivity contribution in [2.75, 3.05) is 11.8 Å². The van der Waals surface area contributed by atoms with E-state index < -0.39 is 39.9 Å². The third-order valence-corrected chi connectivity index (χ3v) is 6.19. The average molecular weight is 513 g/mol. The Labute approximate surface area is 194 Å². The summed E-state index contributed by atoms with van der Waals surface area (Å²) in [4.78, 5) is 12.6. The van der Waals surface area contributed by atoms with E-state index in [-0.39, 0.29) is 27.7 Å². The van der Waals surface area contributed by atoms with Gasteiger partial charge >= 0.3 is 6.36 Å². The van der Waals surface area contributed by atoms with Crippen molar-refractivity contribution < 1.29 is 40.0 Å². The fourth-order valence-electron chi connectivity index (χ4n) is 3.29. The molecule has 14 heteroatoms. The molecule has 0 fully saturated rings. The SMILES string of the molecule is COc1cc(COC(F)(F)F)c(F)cc1-n1c(=O)ccc2cc(S(=O)(=O)Nc3ccon3)ccc21. The number of rotatable bonds is 7. The average Bonchev–Trinajstić information content (AvgIpc) is 3.29. The summed E-state index contributed by atoms with van der Waals surface area (Å²) in [6, 6.07) is 9.46. The minimum atomic E-state index is -4.97. The molecule has 2 aromatic heterocycles. The number of alkyl halides is 3. The molecule has 1 N–H and O–H groups in total. The van der Waals surface area contributed by atoms with Crippen LogP contribution in [0.15, 0.2) is 69.0 Å². The molecule has 184 valence electrons. The molecule has 2 aromatic carbocycles. The van der Waals surface area contributed by atoms with Crippen LogP contribution in [0, 0.1) is 5.82 Å². The molecule has 0 amide bonds. The van der Waals surface area contributed by atoms with Crippen LogP contribution in [-0.2, 0) is 21.4 Å². The van der Waals surface area contributed by atoms with Gasteiger partial charge in [-0.1, -0.05) is 5.16 Å². The minimum absolute atomic E-state index is 0.0372. The minimum Gasteiger partial charge on any atom is -0.495 e. The number of nitrogens with one attached hydrogen (secondary N) is 1. The van der Waals surface area contributed by atoms with Gasteiger partial charge in [0.05, 0.1) is 29.8 Å². The fourth-order valence-corrected chi connectivity index (χ4v) is 4.32. The number of benzene rings is 2. The summed E-state index contributed by atoms with van der Waals surface area (Å²) in [7, 11) is -2.86. The first-order valence-electron chi connectivity index (χ1n) is 9.65. The van der Waals surface area contributed by atoms with E-state index in [0.717, 1.165) is 22.8 Å². The molecule has 0 saturated heterocycles. The van der Waals surface area contributed by atoms with Crippen LogP contribution in [0.25, 0.3) is 16.6 Å². The van der Waals surface area contributed by atoms with E-state index in [9.17, 15) is 30.8 Å². The molecule has 0 aliphatic heterocycles. The Morgan fingerprint density at radius 1 is 1.11 bits per heavy atom. The van der Waals surface area contributed by atoms with E-state index in [4.69, 9.17) is 4.74 Å². The van der Waals surface area contributed by atoms with Crippen molar-refractivity contribution in [1.29, 1.82) is 0 Å². The second-order valence-electron chi connectivity index (χ2n) is 7.07. The fraction of sp³-hybridized carbons (Fsp3) is 0.143. The summed E-state index contributed by atoms with van der Waals surface area (Å²) in [5, 5.41) is 3.78. The summed E-state index contributed by atoms with van der Waals surface area (Å²) >= 11 is 0. The van der Waals surface area contributed by atoms with E-state index in [1.165, 1.54) is 43.7 Å². The van der Waals surface area contributed by atoms with Gasteiger partial charge in [-0.2, -0.15) is 0 Å². The van der Waals surface area contributed by atoms with Crippen molar-refractivity contribution in [3.05, 3.63) is 76.5 Å². The monoisotopic (exact) mass is 513 g/mol. The van der Waals surface area contributed by atoms with Gasteiger partial charge in [-0.25, -0.2) is 12.8 Å². The molecule has 0 aliphatic rings. The summed E-state index contributed by atoms with van der Waals surface area (Å²) in [5.74, 6) is -1.21. The van der Waals surface area contributed by atoms with Gasteiger partial charge in [0.2, 0.25) is 0 Å². The lowest BCUT2D eigenvalue weighted by atomic mass is 10.1. The van der Waals surface area contributed by atoms with Gasteiger partial charge in [-0.3, -0.25) is 18.8 Å². The van der Waals surface area contributed by atoms with Crippen LogP contribution in [-0.4, -0.2) is 31.6 Å². The third kappa shape index (κ3) is 5.12. The lowest BCUT2D eigenvalue weighted by Gasteiger charge is -2.17. The zero-order valence-electron chi connectivity index (χ0n) is 17.7. The standard InChI is InChI=1S/C21H15F4N3O6S/c1-32-18-9-13(11-33-21(23,24)25)15(22)10-17(18)28-16-4-3-14(8-12(16)2-5-20(28)29)35(30,31)27-19-6-7-34-26-19/h2-10H,11H2,1H3,(H,26,27). The molecule has 4 rings (SSSR count). The molecule has 0 unspecified atom stereocenters. The van der Waals surface area contributed by atoms with Gasteiger partial charge in [0.1, 0.15) is 17.8 Å². The number of methoxy groups -OCH3 is 1. The topological polar surface area (TPSA) is 113 Å². The Morgan fingerprint density at radius 2 is 1.89 bits per heavy atom. The Kier molecular flexibility index (Phi) is 6.25. The lowest BCUT2D eigenvalue weighted by Crippen LogP contribution is -2.19. The van der Waals surface area contributed by atoms with Crippen LogP contribution in [0.3, 0.4) is 0 Å². The van der Waals surface area contributed by atoms with E-state index >= 15 is 0 Å². The van der Waals surface area contributed by atoms with E-state index in [1.807, 2.05) is 0 Å². The molecule has 0 radical (unpaired) electrons. The Bertz CT molecular complexity index is 1550. The van der Waals surface area contributed by atoms with Crippen LogP contribution in [0.2, 0.25) is 0 Å². The molecule has 2 heterocycles. The van der Waals surface area contributed by atoms with Crippen molar-refractivity contribution >= 4 is 26.7 Å². The van der Waals surface area contributed by atoms with Gasteiger partial charge in [-0.15, -0.1) is 13.2 Å². The van der Waals surface area contributed by atoms with Gasteiger partial charge in [-0.05, 0) is 30.3 Å². The molecule has 0 bridgehead atoms. The predicted molar refractivity (Wildman–Crippen MR) is 114 cm³/mol. The van der Waals surface area contributed by atoms with Crippen LogP contribution in [0.1, 0.15) is 5.56 Å². The second-order valence-corrected chi connectivity index (χ2v) is 8.75. The number of pyridine rings is 1. The molecular weight excluding hydrogens is 498 g/mol. The summed E-state index contributed by atoms with van der Waals surface area (Å²) in [6.45, 7) is -1.10. The highest BCUT2D eigenvalue weighted by atomic mass is 32.2. The number of hydrogen-bond acceptors (Lipinski definition) is 7. The van der Waals surface area contributed by atoms with E-state index in [2.05, 4.69) is 19.1 Å². The van der Waals surface area contributed by atoms with Gasteiger partial charge < -0.3 is 9.26 Å². The van der Waals surface area contributed by atoms with Crippen molar-refractivity contribution in [2.45, 2.75) is 17.9 Å². The van der Waals surface area contributed by atoms with Crippen LogP contribution >= 0.6 is 0 Å². The molecule has 4 aromatic rings. The largest absolute Gasteiger partial charge is 0.522 e. The highest BCUT2D eigenvalue weighted by molar-refractivity contribution is 7.92. The van der Waals surface area contributed by atoms with E-state index in [1.54, 1.807) is 0 Å². The Balaban J connectivity index is 1.80. The number of ether oxygens (including phenoxy) is 2. The quantitative estimate of drug-likeness (QED) is 0.372. The predicted octanol–water partition coefficient (Wildman–Crippen LogP) is 3.96. The maximum absolute atomic E-state index is 14.6. The molecule has 35 heavy (non-hydrogen) atoms.